The molecule has 1 amide bonds. The van der Waals surface area contributed by atoms with Crippen molar-refractivity contribution < 1.29 is 9.59 Å². The topological polar surface area (TPSA) is 58.2 Å². The summed E-state index contributed by atoms with van der Waals surface area (Å²) in [5.41, 5.74) is 0. The number of carbonyl (C=O) groups is 2. The van der Waals surface area contributed by atoms with E-state index in [-0.39, 0.29) is 18.2 Å². The van der Waals surface area contributed by atoms with Crippen LogP contribution in [0.15, 0.2) is 0 Å². The lowest BCUT2D eigenvalue weighted by atomic mass is 10.2. The highest BCUT2D eigenvalue weighted by Crippen LogP contribution is 1.87. The molecule has 0 aliphatic heterocycles. The molecule has 0 atom stereocenters. The molecular formula is C10H20N2O2. The van der Waals surface area contributed by atoms with Gasteiger partial charge in [-0.25, -0.2) is 0 Å². The highest BCUT2D eigenvalue weighted by atomic mass is 16.2. The summed E-state index contributed by atoms with van der Waals surface area (Å²) in [5.74, 6) is 0.0368. The van der Waals surface area contributed by atoms with Crippen LogP contribution < -0.4 is 10.6 Å². The smallest absolute Gasteiger partial charge is 0.220 e. The van der Waals surface area contributed by atoms with Crippen molar-refractivity contribution in [2.45, 2.75) is 33.1 Å². The third kappa shape index (κ3) is 7.73. The zero-order chi connectivity index (χ0) is 10.8. The molecule has 0 aromatic rings. The summed E-state index contributed by atoms with van der Waals surface area (Å²) in [5, 5.41) is 5.73. The summed E-state index contributed by atoms with van der Waals surface area (Å²) >= 11 is 0. The van der Waals surface area contributed by atoms with Gasteiger partial charge in [0.25, 0.3) is 0 Å². The van der Waals surface area contributed by atoms with Gasteiger partial charge in [0.2, 0.25) is 5.91 Å². The number of rotatable bonds is 8. The number of Topliss-reactive ketones (excluding diaryl/α,β-unsaturated/α-hetero) is 1. The summed E-state index contributed by atoms with van der Waals surface area (Å²) in [6, 6.07) is 0. The molecule has 0 heterocycles. The number of hydrogen-bond acceptors (Lipinski definition) is 3. The average Bonchev–Trinajstić information content (AvgIpc) is 2.21. The van der Waals surface area contributed by atoms with Crippen molar-refractivity contribution in [3.8, 4) is 0 Å². The molecule has 0 aliphatic carbocycles. The van der Waals surface area contributed by atoms with Crippen LogP contribution in [-0.2, 0) is 9.59 Å². The molecule has 0 bridgehead atoms. The first-order valence-corrected chi connectivity index (χ1v) is 5.19. The summed E-state index contributed by atoms with van der Waals surface area (Å²) in [6.07, 6.45) is 1.79. The fraction of sp³-hybridized carbons (Fsp3) is 0.800. The summed E-state index contributed by atoms with van der Waals surface area (Å²) in [6.45, 7) is 5.78. The third-order valence-electron chi connectivity index (χ3n) is 1.88. The van der Waals surface area contributed by atoms with Crippen molar-refractivity contribution in [1.82, 2.24) is 10.6 Å². The van der Waals surface area contributed by atoms with Crippen LogP contribution in [0.5, 0.6) is 0 Å². The van der Waals surface area contributed by atoms with Gasteiger partial charge in [0, 0.05) is 12.8 Å². The van der Waals surface area contributed by atoms with Crippen LogP contribution in [0.1, 0.15) is 33.1 Å². The van der Waals surface area contributed by atoms with Gasteiger partial charge >= 0.3 is 0 Å². The molecule has 4 nitrogen and oxygen atoms in total. The lowest BCUT2D eigenvalue weighted by molar-refractivity contribution is -0.125. The normalized spacial score (nSPS) is 9.86. The van der Waals surface area contributed by atoms with Crippen LogP contribution in [0.25, 0.3) is 0 Å². The van der Waals surface area contributed by atoms with Crippen molar-refractivity contribution in [1.29, 1.82) is 0 Å². The van der Waals surface area contributed by atoms with E-state index in [0.717, 1.165) is 19.5 Å². The Kier molecular flexibility index (Phi) is 8.13. The van der Waals surface area contributed by atoms with Gasteiger partial charge in [-0.05, 0) is 19.5 Å². The van der Waals surface area contributed by atoms with Gasteiger partial charge < -0.3 is 10.6 Å². The van der Waals surface area contributed by atoms with E-state index >= 15 is 0 Å². The number of nitrogens with one attached hydrogen (secondary N) is 2. The molecule has 0 aliphatic rings. The van der Waals surface area contributed by atoms with Crippen molar-refractivity contribution in [2.75, 3.05) is 19.6 Å². The average molecular weight is 200 g/mol. The van der Waals surface area contributed by atoms with Crippen LogP contribution in [-0.4, -0.2) is 31.3 Å². The Morgan fingerprint density at radius 2 is 1.93 bits per heavy atom. The van der Waals surface area contributed by atoms with E-state index in [4.69, 9.17) is 0 Å². The minimum absolute atomic E-state index is 0.0373. The molecular weight excluding hydrogens is 180 g/mol. The molecule has 0 rings (SSSR count). The monoisotopic (exact) mass is 200 g/mol. The Labute approximate surface area is 85.4 Å². The molecule has 2 N–H and O–H groups in total. The SMILES string of the molecule is CCNCCCC(=O)NCC(=O)CC. The van der Waals surface area contributed by atoms with E-state index in [1.807, 2.05) is 6.92 Å². The number of amides is 1. The molecule has 0 aromatic heterocycles. The van der Waals surface area contributed by atoms with Crippen molar-refractivity contribution in [3.63, 3.8) is 0 Å². The third-order valence-corrected chi connectivity index (χ3v) is 1.88. The lowest BCUT2D eigenvalue weighted by Gasteiger charge is -2.03. The van der Waals surface area contributed by atoms with Gasteiger partial charge in [-0.15, -0.1) is 0 Å². The predicted molar refractivity (Wildman–Crippen MR) is 56.1 cm³/mol. The van der Waals surface area contributed by atoms with E-state index in [9.17, 15) is 9.59 Å². The van der Waals surface area contributed by atoms with Crippen LogP contribution >= 0.6 is 0 Å². The Balaban J connectivity index is 3.32. The van der Waals surface area contributed by atoms with Crippen LogP contribution in [0.2, 0.25) is 0 Å². The van der Waals surface area contributed by atoms with Gasteiger partial charge in [0.05, 0.1) is 6.54 Å². The fourth-order valence-electron chi connectivity index (χ4n) is 0.961. The molecule has 14 heavy (non-hydrogen) atoms. The van der Waals surface area contributed by atoms with Gasteiger partial charge in [-0.1, -0.05) is 13.8 Å². The molecule has 0 spiro atoms. The van der Waals surface area contributed by atoms with Crippen LogP contribution in [0.3, 0.4) is 0 Å². The zero-order valence-corrected chi connectivity index (χ0v) is 9.06. The minimum Gasteiger partial charge on any atom is -0.349 e. The zero-order valence-electron chi connectivity index (χ0n) is 9.06. The highest BCUT2D eigenvalue weighted by Gasteiger charge is 2.02. The summed E-state index contributed by atoms with van der Waals surface area (Å²) in [4.78, 5) is 22.0. The van der Waals surface area contributed by atoms with E-state index in [2.05, 4.69) is 10.6 Å². The summed E-state index contributed by atoms with van der Waals surface area (Å²) < 4.78 is 0. The number of hydrogen-bond donors (Lipinski definition) is 2. The highest BCUT2D eigenvalue weighted by molar-refractivity contribution is 5.85. The predicted octanol–water partition coefficient (Wildman–Crippen LogP) is 0.471. The molecule has 0 aromatic carbocycles. The Morgan fingerprint density at radius 3 is 2.50 bits per heavy atom. The molecule has 0 fully saturated rings. The maximum atomic E-state index is 11.1. The molecule has 0 saturated heterocycles. The van der Waals surface area contributed by atoms with Crippen LogP contribution in [0, 0.1) is 0 Å². The number of ketones is 1. The molecule has 0 saturated carbocycles. The standard InChI is InChI=1S/C10H20N2O2/c1-3-9(13)8-12-10(14)6-5-7-11-4-2/h11H,3-8H2,1-2H3,(H,12,14). The molecule has 82 valence electrons. The van der Waals surface area contributed by atoms with E-state index < -0.39 is 0 Å². The second-order valence-electron chi connectivity index (χ2n) is 3.13. The Bertz CT molecular complexity index is 181. The second-order valence-corrected chi connectivity index (χ2v) is 3.13. The van der Waals surface area contributed by atoms with E-state index in [1.165, 1.54) is 0 Å². The minimum atomic E-state index is -0.0373. The second kappa shape index (κ2) is 8.69. The largest absolute Gasteiger partial charge is 0.349 e. The number of carbonyl (C=O) groups excluding carboxylic acids is 2. The molecule has 0 unspecified atom stereocenters. The van der Waals surface area contributed by atoms with E-state index in [0.29, 0.717) is 12.8 Å². The quantitative estimate of drug-likeness (QED) is 0.560. The fourth-order valence-corrected chi connectivity index (χ4v) is 0.961. The summed E-state index contributed by atoms with van der Waals surface area (Å²) in [7, 11) is 0. The first-order chi connectivity index (χ1) is 6.70. The Hall–Kier alpha value is -0.900. The molecule has 0 radical (unpaired) electrons. The first-order valence-electron chi connectivity index (χ1n) is 5.19. The molecule has 4 heteroatoms. The lowest BCUT2D eigenvalue weighted by Crippen LogP contribution is -2.29. The van der Waals surface area contributed by atoms with Crippen LogP contribution in [0.4, 0.5) is 0 Å². The van der Waals surface area contributed by atoms with Crippen molar-refractivity contribution in [3.05, 3.63) is 0 Å². The first kappa shape index (κ1) is 13.1. The van der Waals surface area contributed by atoms with E-state index in [1.54, 1.807) is 6.92 Å². The maximum Gasteiger partial charge on any atom is 0.220 e. The Morgan fingerprint density at radius 1 is 1.21 bits per heavy atom. The van der Waals surface area contributed by atoms with Crippen molar-refractivity contribution in [2.24, 2.45) is 0 Å². The van der Waals surface area contributed by atoms with Gasteiger partial charge in [-0.3, -0.25) is 9.59 Å². The van der Waals surface area contributed by atoms with Gasteiger partial charge in [-0.2, -0.15) is 0 Å². The maximum absolute atomic E-state index is 11.1. The van der Waals surface area contributed by atoms with Gasteiger partial charge in [0.15, 0.2) is 5.78 Å². The van der Waals surface area contributed by atoms with Crippen molar-refractivity contribution >= 4 is 11.7 Å². The van der Waals surface area contributed by atoms with Gasteiger partial charge in [0.1, 0.15) is 0 Å².